The number of nitrogens with one attached hydrogen (secondary N) is 3. The molecule has 1 aliphatic carbocycles. The Hall–Kier alpha value is -4.06. The zero-order valence-corrected chi connectivity index (χ0v) is 20.2. The number of hydrogen-bond acceptors (Lipinski definition) is 8. The number of rotatable bonds is 7. The number of anilines is 2. The van der Waals surface area contributed by atoms with E-state index in [1.165, 1.54) is 10.8 Å². The Morgan fingerprint density at radius 3 is 2.78 bits per heavy atom. The molecule has 0 unspecified atom stereocenters. The van der Waals surface area contributed by atoms with Crippen molar-refractivity contribution in [3.63, 3.8) is 0 Å². The lowest BCUT2D eigenvalue weighted by Crippen LogP contribution is -2.32. The van der Waals surface area contributed by atoms with Crippen molar-refractivity contribution in [1.29, 1.82) is 0 Å². The van der Waals surface area contributed by atoms with Gasteiger partial charge in [0, 0.05) is 25.8 Å². The van der Waals surface area contributed by atoms with Gasteiger partial charge in [-0.25, -0.2) is 19.2 Å². The molecule has 1 aliphatic heterocycles. The molecular formula is C25H27FN6O5. The molecule has 4 N–H and O–H groups in total. The molecule has 2 aliphatic rings. The van der Waals surface area contributed by atoms with Crippen LogP contribution in [0.2, 0.25) is 0 Å². The standard InChI is InChI=1S/C25H27FN6O5/c1-32-11-17(25(35)36)21(34)16-8-18(26)22(31-24(16)32)28-14-4-2-13(3-5-14)9-27-10-15-6-7-19-23(29-15)30-20(33)12-37-19/h6-8,11,13-14,27H,2-5,9-10,12H2,1H3,(H,28,31)(H,35,36)(H,29,30,33)/t13-,14-. The van der Waals surface area contributed by atoms with Crippen LogP contribution in [0.25, 0.3) is 11.0 Å². The first-order valence-corrected chi connectivity index (χ1v) is 12.1. The number of fused-ring (bicyclic) bond motifs is 2. The molecule has 4 heterocycles. The summed E-state index contributed by atoms with van der Waals surface area (Å²) in [6, 6.07) is 4.77. The molecule has 1 fully saturated rings. The topological polar surface area (TPSA) is 147 Å². The molecule has 0 aromatic carbocycles. The molecule has 3 aromatic heterocycles. The normalized spacial score (nSPS) is 19.1. The SMILES string of the molecule is Cn1cc(C(=O)O)c(=O)c2cc(F)c(N[C@H]3CC[C@H](CNCc4ccc5c(n4)NC(=O)CO5)CC3)nc21. The lowest BCUT2D eigenvalue weighted by atomic mass is 9.86. The number of nitrogens with zero attached hydrogens (tertiary/aromatic N) is 3. The largest absolute Gasteiger partial charge is 0.480 e. The van der Waals surface area contributed by atoms with E-state index in [2.05, 4.69) is 25.9 Å². The van der Waals surface area contributed by atoms with Gasteiger partial charge in [0.15, 0.2) is 29.8 Å². The maximum atomic E-state index is 14.8. The number of pyridine rings is 3. The Morgan fingerprint density at radius 1 is 1.24 bits per heavy atom. The Kier molecular flexibility index (Phi) is 6.74. The van der Waals surface area contributed by atoms with Crippen molar-refractivity contribution in [2.24, 2.45) is 13.0 Å². The number of aryl methyl sites for hydroxylation is 1. The van der Waals surface area contributed by atoms with E-state index in [4.69, 9.17) is 4.74 Å². The van der Waals surface area contributed by atoms with Crippen LogP contribution in [-0.2, 0) is 18.4 Å². The van der Waals surface area contributed by atoms with Crippen molar-refractivity contribution in [3.05, 3.63) is 51.7 Å². The number of ether oxygens (including phenoxy) is 1. The average molecular weight is 511 g/mol. The van der Waals surface area contributed by atoms with Crippen LogP contribution >= 0.6 is 0 Å². The predicted molar refractivity (Wildman–Crippen MR) is 133 cm³/mol. The molecule has 1 saturated carbocycles. The van der Waals surface area contributed by atoms with Crippen molar-refractivity contribution >= 4 is 34.5 Å². The molecule has 0 radical (unpaired) electrons. The number of carboxylic acid groups (broad SMARTS) is 1. The van der Waals surface area contributed by atoms with Crippen LogP contribution in [0.15, 0.2) is 29.2 Å². The average Bonchev–Trinajstić information content (AvgIpc) is 2.87. The number of aromatic nitrogens is 3. The van der Waals surface area contributed by atoms with Crippen LogP contribution in [-0.4, -0.2) is 50.7 Å². The second kappa shape index (κ2) is 10.1. The van der Waals surface area contributed by atoms with Gasteiger partial charge in [0.05, 0.1) is 11.1 Å². The molecule has 0 atom stereocenters. The van der Waals surface area contributed by atoms with Crippen molar-refractivity contribution in [1.82, 2.24) is 19.9 Å². The van der Waals surface area contributed by atoms with Crippen LogP contribution < -0.4 is 26.1 Å². The maximum absolute atomic E-state index is 14.8. The number of hydrogen-bond donors (Lipinski definition) is 4. The van der Waals surface area contributed by atoms with Gasteiger partial charge in [0.25, 0.3) is 5.91 Å². The number of aromatic carboxylic acids is 1. The molecule has 194 valence electrons. The van der Waals surface area contributed by atoms with Crippen molar-refractivity contribution < 1.29 is 23.8 Å². The zero-order chi connectivity index (χ0) is 26.1. The first-order valence-electron chi connectivity index (χ1n) is 12.1. The quantitative estimate of drug-likeness (QED) is 0.376. The van der Waals surface area contributed by atoms with Gasteiger partial charge in [-0.05, 0) is 56.3 Å². The number of carboxylic acids is 1. The lowest BCUT2D eigenvalue weighted by molar-refractivity contribution is -0.118. The molecule has 12 heteroatoms. The summed E-state index contributed by atoms with van der Waals surface area (Å²) >= 11 is 0. The van der Waals surface area contributed by atoms with Gasteiger partial charge >= 0.3 is 5.97 Å². The molecule has 37 heavy (non-hydrogen) atoms. The maximum Gasteiger partial charge on any atom is 0.341 e. The van der Waals surface area contributed by atoms with E-state index in [-0.39, 0.29) is 35.4 Å². The molecule has 5 rings (SSSR count). The fourth-order valence-electron chi connectivity index (χ4n) is 4.84. The molecule has 0 spiro atoms. The monoisotopic (exact) mass is 510 g/mol. The predicted octanol–water partition coefficient (Wildman–Crippen LogP) is 2.26. The summed E-state index contributed by atoms with van der Waals surface area (Å²) < 4.78 is 21.5. The van der Waals surface area contributed by atoms with Crippen molar-refractivity contribution in [2.75, 3.05) is 23.8 Å². The van der Waals surface area contributed by atoms with Gasteiger partial charge in [0.2, 0.25) is 5.43 Å². The number of halogens is 1. The summed E-state index contributed by atoms with van der Waals surface area (Å²) in [4.78, 5) is 43.9. The fourth-order valence-corrected chi connectivity index (χ4v) is 4.84. The van der Waals surface area contributed by atoms with E-state index >= 15 is 0 Å². The molecule has 0 saturated heterocycles. The molecule has 1 amide bonds. The third-order valence-corrected chi connectivity index (χ3v) is 6.79. The summed E-state index contributed by atoms with van der Waals surface area (Å²) in [6.45, 7) is 1.38. The lowest BCUT2D eigenvalue weighted by Gasteiger charge is -2.29. The molecule has 3 aromatic rings. The minimum atomic E-state index is -1.36. The third kappa shape index (κ3) is 5.24. The van der Waals surface area contributed by atoms with Crippen LogP contribution in [0.1, 0.15) is 41.7 Å². The van der Waals surface area contributed by atoms with Crippen LogP contribution in [0.5, 0.6) is 5.75 Å². The highest BCUT2D eigenvalue weighted by Crippen LogP contribution is 2.28. The minimum Gasteiger partial charge on any atom is -0.480 e. The molecular weight excluding hydrogens is 483 g/mol. The zero-order valence-electron chi connectivity index (χ0n) is 20.2. The van der Waals surface area contributed by atoms with Crippen LogP contribution in [0, 0.1) is 11.7 Å². The second-order valence-corrected chi connectivity index (χ2v) is 9.46. The van der Waals surface area contributed by atoms with Crippen molar-refractivity contribution in [2.45, 2.75) is 38.3 Å². The summed E-state index contributed by atoms with van der Waals surface area (Å²) in [7, 11) is 1.57. The highest BCUT2D eigenvalue weighted by atomic mass is 19.1. The highest BCUT2D eigenvalue weighted by Gasteiger charge is 2.24. The smallest absolute Gasteiger partial charge is 0.341 e. The summed E-state index contributed by atoms with van der Waals surface area (Å²) in [5.74, 6) is -0.734. The van der Waals surface area contributed by atoms with Crippen LogP contribution in [0.3, 0.4) is 0 Å². The summed E-state index contributed by atoms with van der Waals surface area (Å²) in [6.07, 6.45) is 4.76. The van der Waals surface area contributed by atoms with Gasteiger partial charge in [-0.1, -0.05) is 0 Å². The van der Waals surface area contributed by atoms with E-state index in [1.807, 2.05) is 6.07 Å². The Balaban J connectivity index is 1.15. The fraction of sp³-hybridized carbons (Fsp3) is 0.400. The third-order valence-electron chi connectivity index (χ3n) is 6.79. The van der Waals surface area contributed by atoms with E-state index in [0.29, 0.717) is 24.0 Å². The van der Waals surface area contributed by atoms with Crippen molar-refractivity contribution in [3.8, 4) is 5.75 Å². The Labute approximate surface area is 211 Å². The number of carbonyl (C=O) groups is 2. The van der Waals surface area contributed by atoms with Gasteiger partial charge < -0.3 is 30.4 Å². The van der Waals surface area contributed by atoms with E-state index in [0.717, 1.165) is 44.0 Å². The number of carbonyl (C=O) groups excluding carboxylic acids is 1. The Morgan fingerprint density at radius 2 is 2.03 bits per heavy atom. The van der Waals surface area contributed by atoms with Gasteiger partial charge in [-0.15, -0.1) is 0 Å². The van der Waals surface area contributed by atoms with Gasteiger partial charge in [0.1, 0.15) is 11.2 Å². The molecule has 0 bridgehead atoms. The van der Waals surface area contributed by atoms with E-state index < -0.39 is 22.8 Å². The first-order chi connectivity index (χ1) is 17.8. The number of amides is 1. The summed E-state index contributed by atoms with van der Waals surface area (Å²) in [5, 5.41) is 18.4. The molecule has 11 nitrogen and oxygen atoms in total. The van der Waals surface area contributed by atoms with E-state index in [9.17, 15) is 23.9 Å². The van der Waals surface area contributed by atoms with Gasteiger partial charge in [-0.3, -0.25) is 9.59 Å². The minimum absolute atomic E-state index is 0.000678. The summed E-state index contributed by atoms with van der Waals surface area (Å²) in [5.41, 5.74) is -0.149. The second-order valence-electron chi connectivity index (χ2n) is 9.46. The van der Waals surface area contributed by atoms with Gasteiger partial charge in [-0.2, -0.15) is 0 Å². The van der Waals surface area contributed by atoms with E-state index in [1.54, 1.807) is 13.1 Å². The highest BCUT2D eigenvalue weighted by molar-refractivity contribution is 5.94. The first kappa shape index (κ1) is 24.6. The van der Waals surface area contributed by atoms with Crippen LogP contribution in [0.4, 0.5) is 16.0 Å². The Bertz CT molecular complexity index is 1430.